The Morgan fingerprint density at radius 2 is 1.56 bits per heavy atom. The van der Waals surface area contributed by atoms with Crippen molar-refractivity contribution in [2.75, 3.05) is 18.0 Å². The minimum absolute atomic E-state index is 0.352. The predicted molar refractivity (Wildman–Crippen MR) is 112 cm³/mol. The summed E-state index contributed by atoms with van der Waals surface area (Å²) in [7, 11) is 0. The van der Waals surface area contributed by atoms with Crippen molar-refractivity contribution in [1.82, 2.24) is 0 Å². The van der Waals surface area contributed by atoms with Crippen molar-refractivity contribution in [3.63, 3.8) is 0 Å². The first-order valence-corrected chi connectivity index (χ1v) is 9.49. The van der Waals surface area contributed by atoms with Crippen LogP contribution in [-0.4, -0.2) is 13.1 Å². The molecular weight excluding hydrogens is 334 g/mol. The third-order valence-electron chi connectivity index (χ3n) is 5.42. The molecule has 1 aliphatic heterocycles. The minimum Gasteiger partial charge on any atom is -0.364 e. The SMILES string of the molecule is CC(C)c1ccc(-c2c(N3CC=C(c4ccccc4)CC3)c(=O)c2=O)cc1. The third-order valence-corrected chi connectivity index (χ3v) is 5.42. The molecule has 0 unspecified atom stereocenters. The molecule has 3 aromatic carbocycles. The summed E-state index contributed by atoms with van der Waals surface area (Å²) in [5.74, 6) is 0.440. The molecular formula is C24H23NO2. The third kappa shape index (κ3) is 3.14. The molecule has 27 heavy (non-hydrogen) atoms. The van der Waals surface area contributed by atoms with Gasteiger partial charge in [0.05, 0.1) is 5.56 Å². The number of nitrogens with zero attached hydrogens (tertiary/aromatic N) is 1. The topological polar surface area (TPSA) is 37.4 Å². The highest BCUT2D eigenvalue weighted by molar-refractivity contribution is 5.83. The lowest BCUT2D eigenvalue weighted by Gasteiger charge is -2.30. The lowest BCUT2D eigenvalue weighted by atomic mass is 9.93. The van der Waals surface area contributed by atoms with Crippen LogP contribution < -0.4 is 15.8 Å². The summed E-state index contributed by atoms with van der Waals surface area (Å²) in [5.41, 5.74) is 5.05. The van der Waals surface area contributed by atoms with Gasteiger partial charge >= 0.3 is 0 Å². The fourth-order valence-corrected chi connectivity index (χ4v) is 3.77. The van der Waals surface area contributed by atoms with Crippen LogP contribution in [0.3, 0.4) is 0 Å². The Kier molecular flexibility index (Phi) is 4.53. The first-order chi connectivity index (χ1) is 13.1. The predicted octanol–water partition coefficient (Wildman–Crippen LogP) is 4.37. The van der Waals surface area contributed by atoms with Gasteiger partial charge in [0.25, 0.3) is 0 Å². The van der Waals surface area contributed by atoms with Crippen molar-refractivity contribution in [1.29, 1.82) is 0 Å². The number of benzene rings is 2. The van der Waals surface area contributed by atoms with E-state index in [0.717, 1.165) is 18.5 Å². The second kappa shape index (κ2) is 6.99. The molecule has 0 radical (unpaired) electrons. The highest BCUT2D eigenvalue weighted by atomic mass is 16.2. The summed E-state index contributed by atoms with van der Waals surface area (Å²) >= 11 is 0. The van der Waals surface area contributed by atoms with E-state index in [0.29, 0.717) is 23.7 Å². The van der Waals surface area contributed by atoms with E-state index in [4.69, 9.17) is 0 Å². The van der Waals surface area contributed by atoms with Crippen LogP contribution in [0.15, 0.2) is 70.3 Å². The van der Waals surface area contributed by atoms with Crippen LogP contribution in [0.5, 0.6) is 0 Å². The normalized spacial score (nSPS) is 14.6. The van der Waals surface area contributed by atoms with Gasteiger partial charge in [-0.25, -0.2) is 0 Å². The molecule has 0 atom stereocenters. The Morgan fingerprint density at radius 3 is 2.15 bits per heavy atom. The van der Waals surface area contributed by atoms with Gasteiger partial charge in [-0.2, -0.15) is 0 Å². The monoisotopic (exact) mass is 357 g/mol. The molecule has 0 amide bonds. The Bertz CT molecular complexity index is 1050. The fourth-order valence-electron chi connectivity index (χ4n) is 3.77. The molecule has 1 heterocycles. The zero-order valence-electron chi connectivity index (χ0n) is 15.7. The first kappa shape index (κ1) is 17.5. The van der Waals surface area contributed by atoms with E-state index in [1.54, 1.807) is 0 Å². The Balaban J connectivity index is 1.61. The van der Waals surface area contributed by atoms with Gasteiger partial charge in [-0.1, -0.05) is 74.5 Å². The van der Waals surface area contributed by atoms with Gasteiger partial charge < -0.3 is 4.90 Å². The van der Waals surface area contributed by atoms with E-state index < -0.39 is 0 Å². The minimum atomic E-state index is -0.361. The van der Waals surface area contributed by atoms with Gasteiger partial charge in [-0.3, -0.25) is 9.59 Å². The van der Waals surface area contributed by atoms with Crippen LogP contribution in [0.25, 0.3) is 16.7 Å². The van der Waals surface area contributed by atoms with Crippen molar-refractivity contribution in [2.45, 2.75) is 26.2 Å². The fraction of sp³-hybridized carbons (Fsp3) is 0.250. The second-order valence-corrected chi connectivity index (χ2v) is 7.45. The molecule has 0 spiro atoms. The van der Waals surface area contributed by atoms with Crippen molar-refractivity contribution in [3.05, 3.63) is 92.2 Å². The molecule has 0 fully saturated rings. The zero-order chi connectivity index (χ0) is 19.0. The van der Waals surface area contributed by atoms with Crippen LogP contribution in [0, 0.1) is 0 Å². The quantitative estimate of drug-likeness (QED) is 0.651. The van der Waals surface area contributed by atoms with E-state index in [2.05, 4.69) is 32.1 Å². The summed E-state index contributed by atoms with van der Waals surface area (Å²) in [5, 5.41) is 0. The summed E-state index contributed by atoms with van der Waals surface area (Å²) in [6.45, 7) is 5.69. The van der Waals surface area contributed by atoms with Crippen LogP contribution >= 0.6 is 0 Å². The van der Waals surface area contributed by atoms with E-state index in [-0.39, 0.29) is 10.9 Å². The Morgan fingerprint density at radius 1 is 0.852 bits per heavy atom. The highest BCUT2D eigenvalue weighted by Crippen LogP contribution is 2.31. The molecule has 3 aromatic rings. The maximum Gasteiger partial charge on any atom is 0.250 e. The molecule has 3 nitrogen and oxygen atoms in total. The van der Waals surface area contributed by atoms with Crippen molar-refractivity contribution >= 4 is 11.3 Å². The standard InChI is InChI=1S/C24H23NO2/c1-16(2)17-8-10-20(11-9-17)21-22(24(27)23(21)26)25-14-12-19(13-15-25)18-6-4-3-5-7-18/h3-12,16H,13-15H2,1-2H3. The Hall–Kier alpha value is -2.94. The van der Waals surface area contributed by atoms with Gasteiger partial charge in [0, 0.05) is 13.1 Å². The lowest BCUT2D eigenvalue weighted by molar-refractivity contribution is 0.825. The van der Waals surface area contributed by atoms with Gasteiger partial charge in [0.1, 0.15) is 5.69 Å². The van der Waals surface area contributed by atoms with Gasteiger partial charge in [-0.15, -0.1) is 0 Å². The lowest BCUT2D eigenvalue weighted by Crippen LogP contribution is -2.43. The number of rotatable bonds is 4. The van der Waals surface area contributed by atoms with Crippen molar-refractivity contribution in [3.8, 4) is 11.1 Å². The van der Waals surface area contributed by atoms with Gasteiger partial charge in [0.2, 0.25) is 10.9 Å². The second-order valence-electron chi connectivity index (χ2n) is 7.45. The van der Waals surface area contributed by atoms with Crippen molar-refractivity contribution in [2.24, 2.45) is 0 Å². The molecule has 3 heteroatoms. The molecule has 136 valence electrons. The van der Waals surface area contributed by atoms with E-state index >= 15 is 0 Å². The molecule has 0 aromatic heterocycles. The summed E-state index contributed by atoms with van der Waals surface area (Å²) in [4.78, 5) is 26.6. The maximum absolute atomic E-state index is 12.3. The van der Waals surface area contributed by atoms with Crippen LogP contribution in [-0.2, 0) is 0 Å². The van der Waals surface area contributed by atoms with Crippen molar-refractivity contribution < 1.29 is 0 Å². The molecule has 1 aliphatic rings. The number of hydrogen-bond donors (Lipinski definition) is 0. The largest absolute Gasteiger partial charge is 0.364 e. The molecule has 0 saturated heterocycles. The Labute approximate surface area is 159 Å². The number of anilines is 1. The average molecular weight is 357 g/mol. The van der Waals surface area contributed by atoms with Crippen LogP contribution in [0.4, 0.5) is 5.69 Å². The smallest absolute Gasteiger partial charge is 0.250 e. The molecule has 0 bridgehead atoms. The van der Waals surface area contributed by atoms with Gasteiger partial charge in [-0.05, 0) is 34.6 Å². The first-order valence-electron chi connectivity index (χ1n) is 9.49. The molecule has 4 rings (SSSR count). The molecule has 0 aliphatic carbocycles. The van der Waals surface area contributed by atoms with Gasteiger partial charge in [0.15, 0.2) is 0 Å². The van der Waals surface area contributed by atoms with E-state index in [9.17, 15) is 9.59 Å². The maximum atomic E-state index is 12.3. The highest BCUT2D eigenvalue weighted by Gasteiger charge is 2.28. The zero-order valence-corrected chi connectivity index (χ0v) is 15.7. The molecule has 0 N–H and O–H groups in total. The summed E-state index contributed by atoms with van der Waals surface area (Å²) in [6.07, 6.45) is 3.04. The summed E-state index contributed by atoms with van der Waals surface area (Å²) in [6, 6.07) is 18.3. The number of hydrogen-bond acceptors (Lipinski definition) is 3. The molecule has 0 saturated carbocycles. The van der Waals surface area contributed by atoms with E-state index in [1.807, 2.05) is 47.4 Å². The summed E-state index contributed by atoms with van der Waals surface area (Å²) < 4.78 is 0. The average Bonchev–Trinajstić information content (AvgIpc) is 2.72. The van der Waals surface area contributed by atoms with Crippen LogP contribution in [0.2, 0.25) is 0 Å². The van der Waals surface area contributed by atoms with E-state index in [1.165, 1.54) is 16.7 Å². The van der Waals surface area contributed by atoms with Crippen LogP contribution in [0.1, 0.15) is 37.3 Å².